The number of halogens is 1. The molecule has 0 unspecified atom stereocenters. The maximum absolute atomic E-state index is 13.4. The first-order valence-electron chi connectivity index (χ1n) is 5.72. The largest absolute Gasteiger partial charge is 0.514 e. The Morgan fingerprint density at radius 1 is 1.12 bits per heavy atom. The minimum absolute atomic E-state index is 0.430. The lowest BCUT2D eigenvalue weighted by Crippen LogP contribution is -2.41. The van der Waals surface area contributed by atoms with E-state index in [0.717, 1.165) is 0 Å². The fourth-order valence-electron chi connectivity index (χ4n) is 1.61. The van der Waals surface area contributed by atoms with Crippen LogP contribution in [0, 0.1) is 12.9 Å². The summed E-state index contributed by atoms with van der Waals surface area (Å²) in [4.78, 5) is 3.87. The highest BCUT2D eigenvalue weighted by atomic mass is 19.1. The van der Waals surface area contributed by atoms with E-state index in [-0.39, 0.29) is 0 Å². The standard InChI is InChI=1S/C12H17BFNO2/c1-8-6-7-9(15-10(8)14)13-16-11(2,3)12(4,5)17-13/h6-7H,1-5H3. The van der Waals surface area contributed by atoms with E-state index in [4.69, 9.17) is 9.31 Å². The van der Waals surface area contributed by atoms with Gasteiger partial charge >= 0.3 is 7.12 Å². The lowest BCUT2D eigenvalue weighted by molar-refractivity contribution is 0.00578. The van der Waals surface area contributed by atoms with E-state index in [2.05, 4.69) is 4.98 Å². The van der Waals surface area contributed by atoms with E-state index in [1.807, 2.05) is 27.7 Å². The number of hydrogen-bond acceptors (Lipinski definition) is 3. The molecule has 92 valence electrons. The Labute approximate surface area is 101 Å². The molecule has 1 aliphatic rings. The maximum Gasteiger partial charge on any atom is 0.514 e. The summed E-state index contributed by atoms with van der Waals surface area (Å²) >= 11 is 0. The van der Waals surface area contributed by atoms with Gasteiger partial charge in [0.25, 0.3) is 0 Å². The normalized spacial score (nSPS) is 21.9. The zero-order valence-electron chi connectivity index (χ0n) is 10.9. The van der Waals surface area contributed by atoms with Gasteiger partial charge in [0.2, 0.25) is 5.95 Å². The van der Waals surface area contributed by atoms with Crippen molar-refractivity contribution in [2.45, 2.75) is 45.8 Å². The molecule has 0 aliphatic carbocycles. The first-order valence-corrected chi connectivity index (χ1v) is 5.72. The van der Waals surface area contributed by atoms with Crippen molar-refractivity contribution in [3.05, 3.63) is 23.6 Å². The van der Waals surface area contributed by atoms with E-state index in [1.54, 1.807) is 19.1 Å². The van der Waals surface area contributed by atoms with Crippen molar-refractivity contribution in [3.63, 3.8) is 0 Å². The molecule has 0 radical (unpaired) electrons. The predicted octanol–water partition coefficient (Wildman–Crippen LogP) is 1.83. The highest BCUT2D eigenvalue weighted by Crippen LogP contribution is 2.36. The predicted molar refractivity (Wildman–Crippen MR) is 64.6 cm³/mol. The van der Waals surface area contributed by atoms with Gasteiger partial charge in [-0.1, -0.05) is 6.07 Å². The molecule has 1 aliphatic heterocycles. The van der Waals surface area contributed by atoms with Crippen LogP contribution in [0.5, 0.6) is 0 Å². The van der Waals surface area contributed by atoms with Gasteiger partial charge in [-0.15, -0.1) is 0 Å². The summed E-state index contributed by atoms with van der Waals surface area (Å²) in [7, 11) is -0.602. The number of nitrogens with zero attached hydrogens (tertiary/aromatic N) is 1. The number of rotatable bonds is 1. The highest BCUT2D eigenvalue weighted by molar-refractivity contribution is 6.61. The average Bonchev–Trinajstić information content (AvgIpc) is 2.41. The molecule has 1 fully saturated rings. The summed E-state index contributed by atoms with van der Waals surface area (Å²) in [6, 6.07) is 3.42. The van der Waals surface area contributed by atoms with Crippen LogP contribution in [-0.2, 0) is 9.31 Å². The van der Waals surface area contributed by atoms with Crippen LogP contribution < -0.4 is 5.59 Å². The van der Waals surface area contributed by atoms with Gasteiger partial charge in [-0.25, -0.2) is 4.98 Å². The second kappa shape index (κ2) is 3.78. The van der Waals surface area contributed by atoms with Crippen molar-refractivity contribution in [2.24, 2.45) is 0 Å². The molecule has 5 heteroatoms. The summed E-state index contributed by atoms with van der Waals surface area (Å²) in [6.07, 6.45) is 0. The molecule has 0 aromatic carbocycles. The van der Waals surface area contributed by atoms with Gasteiger partial charge in [-0.3, -0.25) is 0 Å². The van der Waals surface area contributed by atoms with Crippen molar-refractivity contribution < 1.29 is 13.7 Å². The topological polar surface area (TPSA) is 31.4 Å². The van der Waals surface area contributed by atoms with Crippen LogP contribution in [0.4, 0.5) is 4.39 Å². The number of aromatic nitrogens is 1. The van der Waals surface area contributed by atoms with E-state index < -0.39 is 24.3 Å². The van der Waals surface area contributed by atoms with Crippen LogP contribution in [0.2, 0.25) is 0 Å². The molecule has 1 saturated heterocycles. The molecule has 0 amide bonds. The summed E-state index contributed by atoms with van der Waals surface area (Å²) in [5, 5.41) is 0. The quantitative estimate of drug-likeness (QED) is 0.551. The number of aryl methyl sites for hydroxylation is 1. The van der Waals surface area contributed by atoms with Crippen LogP contribution in [-0.4, -0.2) is 23.3 Å². The monoisotopic (exact) mass is 237 g/mol. The molecule has 0 atom stereocenters. The maximum atomic E-state index is 13.4. The Morgan fingerprint density at radius 3 is 2.12 bits per heavy atom. The van der Waals surface area contributed by atoms with Gasteiger partial charge in [0, 0.05) is 5.56 Å². The van der Waals surface area contributed by atoms with Crippen molar-refractivity contribution in [3.8, 4) is 0 Å². The molecule has 1 aromatic rings. The molecular weight excluding hydrogens is 220 g/mol. The molecule has 0 N–H and O–H groups in total. The first kappa shape index (κ1) is 12.5. The third-order valence-electron chi connectivity index (χ3n) is 3.55. The van der Waals surface area contributed by atoms with Crippen molar-refractivity contribution in [1.82, 2.24) is 4.98 Å². The zero-order valence-corrected chi connectivity index (χ0v) is 10.9. The van der Waals surface area contributed by atoms with Crippen LogP contribution in [0.1, 0.15) is 33.3 Å². The third-order valence-corrected chi connectivity index (χ3v) is 3.55. The fourth-order valence-corrected chi connectivity index (χ4v) is 1.61. The summed E-state index contributed by atoms with van der Waals surface area (Å²) < 4.78 is 25.0. The summed E-state index contributed by atoms with van der Waals surface area (Å²) in [5.41, 5.74) is 0.138. The van der Waals surface area contributed by atoms with Crippen LogP contribution in [0.3, 0.4) is 0 Å². The molecule has 3 nitrogen and oxygen atoms in total. The molecule has 1 aromatic heterocycles. The van der Waals surface area contributed by atoms with Crippen molar-refractivity contribution >= 4 is 12.7 Å². The Bertz CT molecular complexity index is 432. The molecule has 17 heavy (non-hydrogen) atoms. The molecular formula is C12H17BFNO2. The van der Waals surface area contributed by atoms with E-state index >= 15 is 0 Å². The summed E-state index contributed by atoms with van der Waals surface area (Å²) in [5.74, 6) is -0.475. The first-order chi connectivity index (χ1) is 7.73. The van der Waals surface area contributed by atoms with E-state index in [0.29, 0.717) is 11.2 Å². The van der Waals surface area contributed by atoms with Crippen molar-refractivity contribution in [2.75, 3.05) is 0 Å². The highest BCUT2D eigenvalue weighted by Gasteiger charge is 2.52. The Balaban J connectivity index is 2.29. The molecule has 2 heterocycles. The lowest BCUT2D eigenvalue weighted by atomic mass is 9.84. The Morgan fingerprint density at radius 2 is 1.65 bits per heavy atom. The second-order valence-electron chi connectivity index (χ2n) is 5.43. The number of hydrogen-bond donors (Lipinski definition) is 0. The van der Waals surface area contributed by atoms with Gasteiger partial charge in [-0.2, -0.15) is 4.39 Å². The molecule has 2 rings (SSSR count). The van der Waals surface area contributed by atoms with Crippen LogP contribution >= 0.6 is 0 Å². The van der Waals surface area contributed by atoms with Gasteiger partial charge < -0.3 is 9.31 Å². The molecule has 0 spiro atoms. The number of pyridine rings is 1. The minimum atomic E-state index is -0.602. The lowest BCUT2D eigenvalue weighted by Gasteiger charge is -2.32. The Kier molecular flexibility index (Phi) is 2.79. The fraction of sp³-hybridized carbons (Fsp3) is 0.583. The third kappa shape index (κ3) is 2.09. The van der Waals surface area contributed by atoms with Crippen molar-refractivity contribution in [1.29, 1.82) is 0 Å². The minimum Gasteiger partial charge on any atom is -0.398 e. The Hall–Kier alpha value is -0.935. The average molecular weight is 237 g/mol. The zero-order chi connectivity index (χ0) is 12.8. The van der Waals surface area contributed by atoms with E-state index in [1.165, 1.54) is 0 Å². The van der Waals surface area contributed by atoms with E-state index in [9.17, 15) is 4.39 Å². The second-order valence-corrected chi connectivity index (χ2v) is 5.43. The van der Waals surface area contributed by atoms with Gasteiger partial charge in [0.15, 0.2) is 0 Å². The molecule has 0 bridgehead atoms. The SMILES string of the molecule is Cc1ccc(B2OC(C)(C)C(C)(C)O2)nc1F. The van der Waals surface area contributed by atoms with Crippen LogP contribution in [0.15, 0.2) is 12.1 Å². The van der Waals surface area contributed by atoms with Gasteiger partial charge in [-0.05, 0) is 40.7 Å². The molecule has 0 saturated carbocycles. The smallest absolute Gasteiger partial charge is 0.398 e. The van der Waals surface area contributed by atoms with Crippen LogP contribution in [0.25, 0.3) is 0 Å². The van der Waals surface area contributed by atoms with Gasteiger partial charge in [0.1, 0.15) is 0 Å². The summed E-state index contributed by atoms with van der Waals surface area (Å²) in [6.45, 7) is 9.50. The van der Waals surface area contributed by atoms with Gasteiger partial charge in [0.05, 0.1) is 16.8 Å².